The lowest BCUT2D eigenvalue weighted by molar-refractivity contribution is -0.142. The average molecular weight is 279 g/mol. The molecule has 1 heterocycles. The zero-order valence-corrected chi connectivity index (χ0v) is 10.5. The van der Waals surface area contributed by atoms with Crippen LogP contribution in [0.15, 0.2) is 6.20 Å². The Morgan fingerprint density at radius 2 is 2.28 bits per heavy atom. The van der Waals surface area contributed by atoms with Crippen molar-refractivity contribution in [2.45, 2.75) is 25.7 Å². The first-order chi connectivity index (χ1) is 8.51. The Balaban J connectivity index is 3.13. The molecule has 0 unspecified atom stereocenters. The highest BCUT2D eigenvalue weighted by atomic mass is 35.5. The number of halogens is 3. The monoisotopic (exact) mass is 278 g/mol. The Labute approximate surface area is 108 Å². The topological polar surface area (TPSA) is 65.2 Å². The second-order valence-electron chi connectivity index (χ2n) is 3.48. The molecular weight excluding hydrogens is 266 g/mol. The van der Waals surface area contributed by atoms with Crippen molar-refractivity contribution in [3.63, 3.8) is 0 Å². The molecule has 0 fully saturated rings. The zero-order chi connectivity index (χ0) is 13.7. The Morgan fingerprint density at radius 1 is 1.61 bits per heavy atom. The molecule has 0 aromatic carbocycles. The van der Waals surface area contributed by atoms with Crippen LogP contribution in [0.3, 0.4) is 0 Å². The van der Waals surface area contributed by atoms with Crippen LogP contribution in [0.1, 0.15) is 30.2 Å². The fourth-order valence-electron chi connectivity index (χ4n) is 1.48. The quantitative estimate of drug-likeness (QED) is 0.664. The van der Waals surface area contributed by atoms with Gasteiger partial charge in [-0.15, -0.1) is 11.6 Å². The molecule has 0 saturated carbocycles. The van der Waals surface area contributed by atoms with E-state index in [9.17, 15) is 13.6 Å². The maximum absolute atomic E-state index is 12.6. The molecule has 18 heavy (non-hydrogen) atoms. The highest BCUT2D eigenvalue weighted by Gasteiger charge is 2.20. The second kappa shape index (κ2) is 6.49. The maximum Gasteiger partial charge on any atom is 0.310 e. The standard InChI is InChI=1S/C11H13ClF2N2O2/c1-2-18-8(17)3-7-6(4-12)5-16-10(9(7)15)11(13)14/h5,11H,2-4,15H2,1H3. The number of hydrogen-bond donors (Lipinski definition) is 1. The number of ether oxygens (including phenoxy) is 1. The van der Waals surface area contributed by atoms with E-state index in [2.05, 4.69) is 4.98 Å². The van der Waals surface area contributed by atoms with Crippen LogP contribution in [0, 0.1) is 0 Å². The average Bonchev–Trinajstić information content (AvgIpc) is 2.31. The molecule has 1 aromatic rings. The van der Waals surface area contributed by atoms with Gasteiger partial charge in [-0.1, -0.05) is 0 Å². The molecule has 0 spiro atoms. The summed E-state index contributed by atoms with van der Waals surface area (Å²) in [5.41, 5.74) is 5.57. The highest BCUT2D eigenvalue weighted by Crippen LogP contribution is 2.28. The van der Waals surface area contributed by atoms with Crippen LogP contribution in [0.25, 0.3) is 0 Å². The Bertz CT molecular complexity index is 441. The minimum atomic E-state index is -2.80. The van der Waals surface area contributed by atoms with Gasteiger partial charge in [-0.05, 0) is 18.1 Å². The van der Waals surface area contributed by atoms with Gasteiger partial charge in [0, 0.05) is 12.1 Å². The van der Waals surface area contributed by atoms with Crippen LogP contribution in [0.5, 0.6) is 0 Å². The van der Waals surface area contributed by atoms with Gasteiger partial charge in [0.1, 0.15) is 5.69 Å². The zero-order valence-electron chi connectivity index (χ0n) is 9.75. The van der Waals surface area contributed by atoms with E-state index in [1.165, 1.54) is 6.20 Å². The number of carbonyl (C=O) groups is 1. The number of rotatable bonds is 5. The van der Waals surface area contributed by atoms with E-state index in [0.29, 0.717) is 5.56 Å². The number of alkyl halides is 3. The summed E-state index contributed by atoms with van der Waals surface area (Å²) in [7, 11) is 0. The van der Waals surface area contributed by atoms with Crippen LogP contribution >= 0.6 is 11.6 Å². The predicted molar refractivity (Wildman–Crippen MR) is 63.5 cm³/mol. The van der Waals surface area contributed by atoms with Gasteiger partial charge in [-0.25, -0.2) is 8.78 Å². The number of anilines is 1. The van der Waals surface area contributed by atoms with E-state index in [-0.39, 0.29) is 30.2 Å². The van der Waals surface area contributed by atoms with E-state index in [0.717, 1.165) is 0 Å². The lowest BCUT2D eigenvalue weighted by Crippen LogP contribution is -2.13. The molecule has 4 nitrogen and oxygen atoms in total. The van der Waals surface area contributed by atoms with Gasteiger partial charge in [0.15, 0.2) is 0 Å². The van der Waals surface area contributed by atoms with Crippen molar-refractivity contribution in [2.24, 2.45) is 0 Å². The second-order valence-corrected chi connectivity index (χ2v) is 3.74. The van der Waals surface area contributed by atoms with Gasteiger partial charge in [0.05, 0.1) is 18.7 Å². The van der Waals surface area contributed by atoms with Crippen molar-refractivity contribution in [3.05, 3.63) is 23.0 Å². The molecule has 0 aliphatic heterocycles. The third-order valence-electron chi connectivity index (χ3n) is 2.33. The molecule has 1 aromatic heterocycles. The van der Waals surface area contributed by atoms with Crippen LogP contribution in [-0.4, -0.2) is 17.6 Å². The highest BCUT2D eigenvalue weighted by molar-refractivity contribution is 6.17. The van der Waals surface area contributed by atoms with E-state index in [1.807, 2.05) is 0 Å². The Hall–Kier alpha value is -1.43. The van der Waals surface area contributed by atoms with Crippen molar-refractivity contribution in [1.29, 1.82) is 0 Å². The summed E-state index contributed by atoms with van der Waals surface area (Å²) in [6.07, 6.45) is -1.78. The van der Waals surface area contributed by atoms with Crippen molar-refractivity contribution in [3.8, 4) is 0 Å². The van der Waals surface area contributed by atoms with Crippen molar-refractivity contribution < 1.29 is 18.3 Å². The number of nitrogen functional groups attached to an aromatic ring is 1. The van der Waals surface area contributed by atoms with Gasteiger partial charge in [-0.2, -0.15) is 0 Å². The summed E-state index contributed by atoms with van der Waals surface area (Å²) in [5.74, 6) is -0.503. The summed E-state index contributed by atoms with van der Waals surface area (Å²) < 4.78 is 30.0. The van der Waals surface area contributed by atoms with Gasteiger partial charge in [0.2, 0.25) is 0 Å². The van der Waals surface area contributed by atoms with Gasteiger partial charge < -0.3 is 10.5 Å². The summed E-state index contributed by atoms with van der Waals surface area (Å²) in [6.45, 7) is 1.86. The minimum Gasteiger partial charge on any atom is -0.466 e. The van der Waals surface area contributed by atoms with E-state index in [4.69, 9.17) is 22.1 Å². The molecule has 0 amide bonds. The minimum absolute atomic E-state index is 0.0372. The molecule has 2 N–H and O–H groups in total. The fourth-order valence-corrected chi connectivity index (χ4v) is 1.71. The first-order valence-electron chi connectivity index (χ1n) is 5.27. The van der Waals surface area contributed by atoms with Gasteiger partial charge in [-0.3, -0.25) is 9.78 Å². The van der Waals surface area contributed by atoms with Crippen LogP contribution in [0.4, 0.5) is 14.5 Å². The van der Waals surface area contributed by atoms with Crippen LogP contribution in [-0.2, 0) is 21.8 Å². The lowest BCUT2D eigenvalue weighted by atomic mass is 10.0. The summed E-state index contributed by atoms with van der Waals surface area (Å²) in [6, 6.07) is 0. The largest absolute Gasteiger partial charge is 0.466 e. The molecule has 7 heteroatoms. The van der Waals surface area contributed by atoms with Gasteiger partial charge in [0.25, 0.3) is 6.43 Å². The lowest BCUT2D eigenvalue weighted by Gasteiger charge is -2.13. The maximum atomic E-state index is 12.6. The fraction of sp³-hybridized carbons (Fsp3) is 0.455. The Kier molecular flexibility index (Phi) is 5.27. The molecule has 0 radical (unpaired) electrons. The van der Waals surface area contributed by atoms with Crippen molar-refractivity contribution in [2.75, 3.05) is 12.3 Å². The summed E-state index contributed by atoms with van der Waals surface area (Å²) in [4.78, 5) is 14.9. The number of carbonyl (C=O) groups excluding carboxylic acids is 1. The number of pyridine rings is 1. The van der Waals surface area contributed by atoms with Crippen molar-refractivity contribution >= 4 is 23.3 Å². The van der Waals surface area contributed by atoms with Crippen LogP contribution in [0.2, 0.25) is 0 Å². The number of hydrogen-bond acceptors (Lipinski definition) is 4. The number of nitrogens with two attached hydrogens (primary N) is 1. The smallest absolute Gasteiger partial charge is 0.310 e. The van der Waals surface area contributed by atoms with E-state index >= 15 is 0 Å². The molecule has 1 rings (SSSR count). The third kappa shape index (κ3) is 3.29. The SMILES string of the molecule is CCOC(=O)Cc1c(CCl)cnc(C(F)F)c1N. The molecule has 0 atom stereocenters. The van der Waals surface area contributed by atoms with E-state index < -0.39 is 18.1 Å². The normalized spacial score (nSPS) is 10.7. The predicted octanol–water partition coefficient (Wildman–Crippen LogP) is 2.45. The van der Waals surface area contributed by atoms with E-state index in [1.54, 1.807) is 6.92 Å². The molecule has 0 bridgehead atoms. The summed E-state index contributed by atoms with van der Waals surface area (Å²) in [5, 5.41) is 0. The number of nitrogens with zero attached hydrogens (tertiary/aromatic N) is 1. The Morgan fingerprint density at radius 3 is 2.78 bits per heavy atom. The third-order valence-corrected chi connectivity index (χ3v) is 2.61. The first kappa shape index (κ1) is 14.6. The number of aromatic nitrogens is 1. The first-order valence-corrected chi connectivity index (χ1v) is 5.80. The number of esters is 1. The molecule has 0 aliphatic rings. The van der Waals surface area contributed by atoms with Crippen LogP contribution < -0.4 is 5.73 Å². The summed E-state index contributed by atoms with van der Waals surface area (Å²) >= 11 is 5.66. The molecule has 100 valence electrons. The molecule has 0 aliphatic carbocycles. The molecule has 0 saturated heterocycles. The van der Waals surface area contributed by atoms with Gasteiger partial charge >= 0.3 is 5.97 Å². The molecular formula is C11H13ClF2N2O2. The van der Waals surface area contributed by atoms with Crippen molar-refractivity contribution in [1.82, 2.24) is 4.98 Å².